The number of hydrogen-bond donors (Lipinski definition) is 2. The average Bonchev–Trinajstić information content (AvgIpc) is 3.51. The van der Waals surface area contributed by atoms with Crippen LogP contribution in [-0.4, -0.2) is 33.4 Å². The number of ether oxygens (including phenoxy) is 1. The lowest BCUT2D eigenvalue weighted by atomic mass is 10.0. The third-order valence-electron chi connectivity index (χ3n) is 6.39. The largest absolute Gasteiger partial charge is 0.434 e. The van der Waals surface area contributed by atoms with Gasteiger partial charge in [0.25, 0.3) is 5.91 Å². The summed E-state index contributed by atoms with van der Waals surface area (Å²) in [5.41, 5.74) is 3.01. The summed E-state index contributed by atoms with van der Waals surface area (Å²) in [4.78, 5) is 22.5. The maximum absolute atomic E-state index is 13.4. The predicted molar refractivity (Wildman–Crippen MR) is 156 cm³/mol. The zero-order valence-electron chi connectivity index (χ0n) is 22.1. The fourth-order valence-electron chi connectivity index (χ4n) is 4.60. The van der Waals surface area contributed by atoms with Crippen LogP contribution in [0.25, 0.3) is 22.2 Å². The van der Waals surface area contributed by atoms with Crippen LogP contribution in [0.2, 0.25) is 10.0 Å². The maximum Gasteiger partial charge on any atom is 0.387 e. The lowest BCUT2D eigenvalue weighted by molar-refractivity contribution is -0.0494. The highest BCUT2D eigenvalue weighted by Crippen LogP contribution is 2.43. The molecular formula is C29H24Cl2F2N4O3S. The Balaban J connectivity index is 1.61. The van der Waals surface area contributed by atoms with Crippen molar-refractivity contribution in [1.29, 1.82) is 0 Å². The molecule has 0 aliphatic heterocycles. The Morgan fingerprint density at radius 3 is 2.54 bits per heavy atom. The summed E-state index contributed by atoms with van der Waals surface area (Å²) in [5.74, 6) is 1.24. The molecule has 12 heteroatoms. The van der Waals surface area contributed by atoms with Crippen molar-refractivity contribution in [1.82, 2.24) is 20.4 Å². The van der Waals surface area contributed by atoms with E-state index in [0.717, 1.165) is 16.2 Å². The van der Waals surface area contributed by atoms with Crippen molar-refractivity contribution in [3.8, 4) is 16.9 Å². The normalized spacial score (nSPS) is 12.2. The second-order valence-corrected chi connectivity index (χ2v) is 11.2. The minimum atomic E-state index is -3.03. The maximum atomic E-state index is 13.4. The molecule has 0 bridgehead atoms. The molecule has 1 amide bonds. The Morgan fingerprint density at radius 1 is 1.15 bits per heavy atom. The van der Waals surface area contributed by atoms with Crippen LogP contribution in [0.15, 0.2) is 64.0 Å². The molecule has 0 radical (unpaired) electrons. The number of carbonyl (C=O) groups excluding carboxylic acids is 1. The van der Waals surface area contributed by atoms with E-state index in [-0.39, 0.29) is 21.7 Å². The Morgan fingerprint density at radius 2 is 1.88 bits per heavy atom. The molecule has 5 aromatic rings. The molecule has 1 atom stereocenters. The number of aryl methyl sites for hydroxylation is 2. The summed E-state index contributed by atoms with van der Waals surface area (Å²) in [6.45, 7) is 2.40. The molecule has 41 heavy (non-hydrogen) atoms. The molecule has 7 nitrogen and oxygen atoms in total. The van der Waals surface area contributed by atoms with Gasteiger partial charge >= 0.3 is 6.61 Å². The summed E-state index contributed by atoms with van der Waals surface area (Å²) in [6, 6.07) is 14.9. The number of benzene rings is 3. The minimum Gasteiger partial charge on any atom is -0.434 e. The van der Waals surface area contributed by atoms with Crippen LogP contribution in [0.3, 0.4) is 0 Å². The summed E-state index contributed by atoms with van der Waals surface area (Å²) in [5, 5.41) is 7.28. The molecule has 2 heterocycles. The molecule has 2 aromatic heterocycles. The highest BCUT2D eigenvalue weighted by molar-refractivity contribution is 7.99. The van der Waals surface area contributed by atoms with Crippen molar-refractivity contribution in [2.75, 3.05) is 5.75 Å². The van der Waals surface area contributed by atoms with E-state index in [4.69, 9.17) is 37.4 Å². The van der Waals surface area contributed by atoms with Crippen LogP contribution in [0.1, 0.15) is 46.2 Å². The summed E-state index contributed by atoms with van der Waals surface area (Å²) < 4.78 is 36.1. The van der Waals surface area contributed by atoms with Gasteiger partial charge in [0.2, 0.25) is 0 Å². The van der Waals surface area contributed by atoms with Gasteiger partial charge in [-0.05, 0) is 49.4 Å². The number of carbonyl (C=O) groups is 1. The third-order valence-corrected chi connectivity index (χ3v) is 7.95. The van der Waals surface area contributed by atoms with Crippen molar-refractivity contribution >= 4 is 51.9 Å². The monoisotopic (exact) mass is 616 g/mol. The standard InChI is InChI=1S/C29H24Cl2F2N4O3S/c1-4-41-17-11-9-16(10-12-17)25(36-28(38)22-14(2)37-40-15(22)3)27-34-20-13-19(30)23(24(31)26(20)35-27)18-7-5-6-8-21(18)39-29(32)33/h5-13,25,29H,4H2,1-3H3,(H,34,35)(H,36,38). The Hall–Kier alpha value is -3.60. The van der Waals surface area contributed by atoms with Crippen molar-refractivity contribution in [3.05, 3.63) is 93.0 Å². The predicted octanol–water partition coefficient (Wildman–Crippen LogP) is 8.37. The van der Waals surface area contributed by atoms with Crippen LogP contribution in [0.5, 0.6) is 5.75 Å². The van der Waals surface area contributed by atoms with E-state index in [1.807, 2.05) is 24.3 Å². The number of aromatic nitrogens is 3. The summed E-state index contributed by atoms with van der Waals surface area (Å²) in [6.07, 6.45) is 0. The summed E-state index contributed by atoms with van der Waals surface area (Å²) >= 11 is 15.1. The average molecular weight is 618 g/mol. The Kier molecular flexibility index (Phi) is 8.53. The minimum absolute atomic E-state index is 0.0731. The zero-order chi connectivity index (χ0) is 29.3. The number of rotatable bonds is 9. The van der Waals surface area contributed by atoms with Gasteiger partial charge in [-0.15, -0.1) is 11.8 Å². The molecule has 3 aromatic carbocycles. The van der Waals surface area contributed by atoms with E-state index >= 15 is 0 Å². The van der Waals surface area contributed by atoms with Crippen molar-refractivity contribution in [3.63, 3.8) is 0 Å². The van der Waals surface area contributed by atoms with Gasteiger partial charge in [0.05, 0.1) is 21.3 Å². The molecule has 0 spiro atoms. The van der Waals surface area contributed by atoms with E-state index in [1.165, 1.54) is 6.07 Å². The fraction of sp³-hybridized carbons (Fsp3) is 0.207. The number of fused-ring (bicyclic) bond motifs is 1. The lowest BCUT2D eigenvalue weighted by Crippen LogP contribution is -2.30. The molecule has 0 aliphatic carbocycles. The van der Waals surface area contributed by atoms with Crippen LogP contribution >= 0.6 is 35.0 Å². The first-order valence-corrected chi connectivity index (χ1v) is 14.3. The highest BCUT2D eigenvalue weighted by atomic mass is 35.5. The van der Waals surface area contributed by atoms with Gasteiger partial charge in [0.15, 0.2) is 0 Å². The third kappa shape index (κ3) is 5.91. The number of thioether (sulfide) groups is 1. The number of hydrogen-bond acceptors (Lipinski definition) is 6. The van der Waals surface area contributed by atoms with Crippen LogP contribution in [0, 0.1) is 13.8 Å². The molecule has 2 N–H and O–H groups in total. The first-order valence-electron chi connectivity index (χ1n) is 12.6. The van der Waals surface area contributed by atoms with E-state index in [0.29, 0.717) is 45.0 Å². The lowest BCUT2D eigenvalue weighted by Gasteiger charge is -2.17. The van der Waals surface area contributed by atoms with Crippen LogP contribution in [-0.2, 0) is 0 Å². The quantitative estimate of drug-likeness (QED) is 0.162. The van der Waals surface area contributed by atoms with Gasteiger partial charge in [-0.1, -0.05) is 65.6 Å². The number of halogens is 4. The number of aromatic amines is 1. The van der Waals surface area contributed by atoms with E-state index in [1.54, 1.807) is 49.9 Å². The van der Waals surface area contributed by atoms with Crippen LogP contribution in [0.4, 0.5) is 8.78 Å². The molecule has 0 saturated heterocycles. The van der Waals surface area contributed by atoms with Gasteiger partial charge in [-0.3, -0.25) is 4.79 Å². The van der Waals surface area contributed by atoms with Crippen LogP contribution < -0.4 is 10.1 Å². The molecule has 0 fully saturated rings. The van der Waals surface area contributed by atoms with Crippen molar-refractivity contribution in [2.24, 2.45) is 0 Å². The van der Waals surface area contributed by atoms with Gasteiger partial charge in [-0.25, -0.2) is 4.98 Å². The molecule has 0 saturated carbocycles. The second-order valence-electron chi connectivity index (χ2n) is 9.05. The van der Waals surface area contributed by atoms with E-state index in [2.05, 4.69) is 22.4 Å². The molecule has 212 valence electrons. The Bertz CT molecular complexity index is 1700. The topological polar surface area (TPSA) is 93.0 Å². The SMILES string of the molecule is CCSc1ccc(C(NC(=O)c2c(C)noc2C)c2nc3c(Cl)c(-c4ccccc4OC(F)F)c(Cl)cc3[nH]2)cc1. The number of imidazole rings is 1. The molecule has 0 aliphatic rings. The smallest absolute Gasteiger partial charge is 0.387 e. The number of nitrogens with one attached hydrogen (secondary N) is 2. The fourth-order valence-corrected chi connectivity index (χ4v) is 5.96. The number of nitrogens with zero attached hydrogens (tertiary/aromatic N) is 2. The van der Waals surface area contributed by atoms with Crippen molar-refractivity contribution < 1.29 is 22.8 Å². The van der Waals surface area contributed by atoms with Crippen molar-refractivity contribution in [2.45, 2.75) is 38.3 Å². The zero-order valence-corrected chi connectivity index (χ0v) is 24.4. The van der Waals surface area contributed by atoms with E-state index < -0.39 is 12.7 Å². The molecular weight excluding hydrogens is 593 g/mol. The molecule has 1 unspecified atom stereocenters. The van der Waals surface area contributed by atoms with Gasteiger partial charge in [0.1, 0.15) is 34.5 Å². The summed E-state index contributed by atoms with van der Waals surface area (Å²) in [7, 11) is 0. The number of amides is 1. The molecule has 5 rings (SSSR count). The van der Waals surface area contributed by atoms with Gasteiger partial charge < -0.3 is 19.6 Å². The number of para-hydroxylation sites is 1. The number of H-pyrrole nitrogens is 1. The first-order chi connectivity index (χ1) is 19.7. The van der Waals surface area contributed by atoms with E-state index in [9.17, 15) is 13.6 Å². The second kappa shape index (κ2) is 12.1. The number of alkyl halides is 2. The Labute approximate surface area is 248 Å². The first kappa shape index (κ1) is 28.9. The van der Waals surface area contributed by atoms with Gasteiger partial charge in [0, 0.05) is 16.0 Å². The van der Waals surface area contributed by atoms with Gasteiger partial charge in [-0.2, -0.15) is 8.78 Å². The highest BCUT2D eigenvalue weighted by Gasteiger charge is 2.27.